The van der Waals surface area contributed by atoms with Gasteiger partial charge in [0.15, 0.2) is 17.3 Å². The second kappa shape index (κ2) is 11.4. The molecule has 0 aliphatic carbocycles. The van der Waals surface area contributed by atoms with Gasteiger partial charge in [-0.25, -0.2) is 0 Å². The number of rotatable bonds is 1. The van der Waals surface area contributed by atoms with Crippen LogP contribution in [0.4, 0.5) is 0 Å². The molecule has 2 aromatic rings. The molecule has 2 aliphatic rings. The number of carbonyl (C=O) groups is 1. The Hall–Kier alpha value is -2.31. The number of aryl methyl sites for hydroxylation is 1. The van der Waals surface area contributed by atoms with Crippen molar-refractivity contribution >= 4 is 16.9 Å². The lowest BCUT2D eigenvalue weighted by Gasteiger charge is -2.42. The van der Waals surface area contributed by atoms with E-state index >= 15 is 0 Å². The van der Waals surface area contributed by atoms with Crippen molar-refractivity contribution in [1.29, 1.82) is 0 Å². The molecule has 0 saturated carbocycles. The van der Waals surface area contributed by atoms with Gasteiger partial charge in [-0.05, 0) is 84.3 Å². The average Bonchev–Trinajstić information content (AvgIpc) is 3.25. The minimum absolute atomic E-state index is 0.0259. The maximum atomic E-state index is 13.4. The maximum absolute atomic E-state index is 13.4. The minimum atomic E-state index is -0.763. The Morgan fingerprint density at radius 1 is 1.00 bits per heavy atom. The quantitative estimate of drug-likeness (QED) is 0.212. The second-order valence-corrected chi connectivity index (χ2v) is 12.4. The van der Waals surface area contributed by atoms with Gasteiger partial charge in [-0.3, -0.25) is 4.79 Å². The van der Waals surface area contributed by atoms with Crippen molar-refractivity contribution in [1.82, 2.24) is 0 Å². The van der Waals surface area contributed by atoms with Crippen LogP contribution >= 0.6 is 0 Å². The molecule has 0 amide bonds. The fourth-order valence-corrected chi connectivity index (χ4v) is 6.32. The Morgan fingerprint density at radius 2 is 1.74 bits per heavy atom. The predicted molar refractivity (Wildman–Crippen MR) is 150 cm³/mol. The van der Waals surface area contributed by atoms with Gasteiger partial charge in [0.05, 0.1) is 25.2 Å². The van der Waals surface area contributed by atoms with Gasteiger partial charge in [0, 0.05) is 23.3 Å². The van der Waals surface area contributed by atoms with Gasteiger partial charge >= 0.3 is 5.97 Å². The third-order valence-corrected chi connectivity index (χ3v) is 8.12. The van der Waals surface area contributed by atoms with Crippen molar-refractivity contribution in [3.8, 4) is 11.5 Å². The van der Waals surface area contributed by atoms with Gasteiger partial charge in [-0.2, -0.15) is 0 Å². The molecule has 1 aromatic carbocycles. The van der Waals surface area contributed by atoms with Crippen LogP contribution in [0.5, 0.6) is 11.5 Å². The molecular weight excluding hydrogens is 480 g/mol. The third-order valence-electron chi connectivity index (χ3n) is 8.12. The summed E-state index contributed by atoms with van der Waals surface area (Å²) in [5, 5.41) is 0.913. The first kappa shape index (κ1) is 28.7. The molecule has 0 radical (unpaired) electrons. The van der Waals surface area contributed by atoms with Gasteiger partial charge in [-0.15, -0.1) is 0 Å². The van der Waals surface area contributed by atoms with E-state index in [0.717, 1.165) is 48.0 Å². The Kier molecular flexibility index (Phi) is 8.63. The van der Waals surface area contributed by atoms with Crippen LogP contribution in [0, 0.1) is 24.7 Å². The predicted octanol–water partition coefficient (Wildman–Crippen LogP) is 8.10. The van der Waals surface area contributed by atoms with Gasteiger partial charge in [-0.1, -0.05) is 32.4 Å². The smallest absolute Gasteiger partial charge is 0.316 e. The summed E-state index contributed by atoms with van der Waals surface area (Å²) in [6.07, 6.45) is 6.85. The van der Waals surface area contributed by atoms with Gasteiger partial charge in [0.2, 0.25) is 0 Å². The molecule has 0 spiro atoms. The lowest BCUT2D eigenvalue weighted by atomic mass is 9.88. The zero-order valence-corrected chi connectivity index (χ0v) is 24.7. The van der Waals surface area contributed by atoms with Crippen LogP contribution in [0.25, 0.3) is 11.0 Å². The lowest BCUT2D eigenvalue weighted by Crippen LogP contribution is -2.48. The van der Waals surface area contributed by atoms with Crippen LogP contribution in [0.3, 0.4) is 0 Å². The molecule has 1 aromatic heterocycles. The average molecular weight is 527 g/mol. The molecule has 0 unspecified atom stereocenters. The van der Waals surface area contributed by atoms with Crippen molar-refractivity contribution < 1.29 is 28.2 Å². The lowest BCUT2D eigenvalue weighted by molar-refractivity contribution is -0.307. The number of hydrogen-bond acceptors (Lipinski definition) is 6. The molecule has 38 heavy (non-hydrogen) atoms. The summed E-state index contributed by atoms with van der Waals surface area (Å²) in [6.45, 7) is 16.7. The van der Waals surface area contributed by atoms with E-state index in [1.54, 1.807) is 7.11 Å². The molecule has 0 N–H and O–H groups in total. The van der Waals surface area contributed by atoms with Crippen LogP contribution in [-0.4, -0.2) is 31.1 Å². The van der Waals surface area contributed by atoms with E-state index in [9.17, 15) is 4.79 Å². The fraction of sp³-hybridized carbons (Fsp3) is 0.656. The first-order valence-electron chi connectivity index (χ1n) is 14.2. The van der Waals surface area contributed by atoms with Crippen LogP contribution in [0.2, 0.25) is 0 Å². The monoisotopic (exact) mass is 526 g/mol. The Morgan fingerprint density at radius 3 is 2.45 bits per heavy atom. The molecule has 6 atom stereocenters. The van der Waals surface area contributed by atoms with Gasteiger partial charge < -0.3 is 23.4 Å². The van der Waals surface area contributed by atoms with E-state index in [1.807, 2.05) is 33.8 Å². The van der Waals surface area contributed by atoms with Gasteiger partial charge in [0.25, 0.3) is 0 Å². The van der Waals surface area contributed by atoms with Crippen LogP contribution in [0.15, 0.2) is 28.2 Å². The van der Waals surface area contributed by atoms with Crippen molar-refractivity contribution in [2.45, 2.75) is 111 Å². The van der Waals surface area contributed by atoms with E-state index in [2.05, 4.69) is 39.8 Å². The number of benzene rings is 1. The van der Waals surface area contributed by atoms with E-state index in [-0.39, 0.29) is 24.1 Å². The number of fused-ring (bicyclic) bond motifs is 4. The molecule has 1 saturated heterocycles. The fourth-order valence-electron chi connectivity index (χ4n) is 6.32. The van der Waals surface area contributed by atoms with E-state index in [0.29, 0.717) is 29.8 Å². The first-order valence-corrected chi connectivity index (χ1v) is 14.2. The Labute approximate surface area is 228 Å². The van der Waals surface area contributed by atoms with Crippen molar-refractivity contribution in [3.05, 3.63) is 35.1 Å². The molecule has 6 heteroatoms. The zero-order valence-electron chi connectivity index (χ0n) is 24.7. The van der Waals surface area contributed by atoms with Gasteiger partial charge in [0.1, 0.15) is 11.3 Å². The summed E-state index contributed by atoms with van der Waals surface area (Å²) >= 11 is 0. The van der Waals surface area contributed by atoms with Crippen molar-refractivity contribution in [2.24, 2.45) is 17.8 Å². The Bertz CT molecular complexity index is 1170. The zero-order chi connectivity index (χ0) is 27.8. The number of carbonyl (C=O) groups excluding carboxylic acids is 1. The van der Waals surface area contributed by atoms with Crippen LogP contribution < -0.4 is 9.47 Å². The molecule has 3 heterocycles. The van der Waals surface area contributed by atoms with Crippen LogP contribution in [0.1, 0.15) is 97.8 Å². The molecule has 4 rings (SSSR count). The molecule has 1 fully saturated rings. The number of ether oxygens (including phenoxy) is 4. The summed E-state index contributed by atoms with van der Waals surface area (Å²) in [5.74, 6) is 1.56. The maximum Gasteiger partial charge on any atom is 0.316 e. The summed E-state index contributed by atoms with van der Waals surface area (Å²) < 4.78 is 30.5. The highest BCUT2D eigenvalue weighted by Gasteiger charge is 2.40. The van der Waals surface area contributed by atoms with Crippen molar-refractivity contribution in [2.75, 3.05) is 7.11 Å². The number of hydrogen-bond donors (Lipinski definition) is 0. The highest BCUT2D eigenvalue weighted by Crippen LogP contribution is 2.41. The number of furan rings is 1. The third kappa shape index (κ3) is 6.45. The first-order chi connectivity index (χ1) is 17.9. The largest absolute Gasteiger partial charge is 0.492 e. The normalized spacial score (nSPS) is 32.6. The molecular formula is C32H46O6. The summed E-state index contributed by atoms with van der Waals surface area (Å²) in [5.41, 5.74) is 3.04. The highest BCUT2D eigenvalue weighted by atomic mass is 16.7. The SMILES string of the molecule is COc1c2cc3cc(oc3c1C)[C@@H](C)C[C@H](C)C/C(C)=C/[C@@H](C)CC[C@@H]1C[C@H](OC(C)(C)O1)[C@@H](C)C(=O)O2. The van der Waals surface area contributed by atoms with E-state index in [1.165, 1.54) is 5.57 Å². The topological polar surface area (TPSA) is 67.1 Å². The Balaban J connectivity index is 1.72. The number of esters is 1. The van der Waals surface area contributed by atoms with E-state index < -0.39 is 11.7 Å². The number of allylic oxidation sites excluding steroid dienone is 2. The second-order valence-electron chi connectivity index (χ2n) is 12.4. The van der Waals surface area contributed by atoms with Crippen molar-refractivity contribution in [3.63, 3.8) is 0 Å². The summed E-state index contributed by atoms with van der Waals surface area (Å²) in [4.78, 5) is 13.4. The standard InChI is InChI=1S/C32H46O6/c1-18-10-11-25-17-27(38-32(7,8)37-25)22(5)31(33)36-28-16-24-15-26(35-29(24)23(6)30(28)34-9)21(4)14-20(3)13-19(2)12-18/h12,15-16,18,20-22,25,27H,10-11,13-14,17H2,1-9H3/b19-12+/t18-,20+,21-,22+,25+,27-/m0/s1. The molecule has 6 nitrogen and oxygen atoms in total. The highest BCUT2D eigenvalue weighted by molar-refractivity contribution is 5.87. The summed E-state index contributed by atoms with van der Waals surface area (Å²) in [6, 6.07) is 3.94. The molecule has 210 valence electrons. The van der Waals surface area contributed by atoms with Crippen LogP contribution in [-0.2, 0) is 14.3 Å². The van der Waals surface area contributed by atoms with E-state index in [4.69, 9.17) is 23.4 Å². The number of methoxy groups -OCH3 is 1. The molecule has 5 bridgehead atoms. The summed E-state index contributed by atoms with van der Waals surface area (Å²) in [7, 11) is 1.59. The molecule has 2 aliphatic heterocycles. The minimum Gasteiger partial charge on any atom is -0.492 e.